The van der Waals surface area contributed by atoms with Crippen LogP contribution in [-0.2, 0) is 19.3 Å². The van der Waals surface area contributed by atoms with Crippen molar-refractivity contribution in [3.05, 3.63) is 97.4 Å². The highest BCUT2D eigenvalue weighted by Gasteiger charge is 2.38. The van der Waals surface area contributed by atoms with Crippen molar-refractivity contribution in [3.8, 4) is 0 Å². The molecule has 2 heterocycles. The van der Waals surface area contributed by atoms with Gasteiger partial charge >= 0.3 is 11.9 Å². The topological polar surface area (TPSA) is 85.1 Å². The Kier molecular flexibility index (Phi) is 7.14. The van der Waals surface area contributed by atoms with Crippen LogP contribution in [0.4, 0.5) is 27.6 Å². The number of amides is 2. The molecule has 4 aromatic rings. The smallest absolute Gasteiger partial charge is 0.341 e. The van der Waals surface area contributed by atoms with Crippen LogP contribution in [0.5, 0.6) is 0 Å². The van der Waals surface area contributed by atoms with Gasteiger partial charge in [0.25, 0.3) is 11.8 Å². The lowest BCUT2D eigenvalue weighted by Gasteiger charge is -2.19. The van der Waals surface area contributed by atoms with Crippen molar-refractivity contribution in [2.24, 2.45) is 0 Å². The molecule has 0 unspecified atom stereocenters. The van der Waals surface area contributed by atoms with Gasteiger partial charge in [0.1, 0.15) is 11.6 Å². The summed E-state index contributed by atoms with van der Waals surface area (Å²) in [4.78, 5) is 40.0. The number of carbonyl (C=O) groups is 2. The SMILES string of the molecule is CCCn1c(=O)n(CC)c2c3c(c(NC(=O)c4cc(F)cc(C(F)(F)F)c4)cc21)[C@H](c1cc(F)ccc1Cl)NC3=O. The number of nitrogens with one attached hydrogen (secondary N) is 2. The summed E-state index contributed by atoms with van der Waals surface area (Å²) in [6, 6.07) is 5.27. The van der Waals surface area contributed by atoms with E-state index in [9.17, 15) is 36.3 Å². The summed E-state index contributed by atoms with van der Waals surface area (Å²) in [6.45, 7) is 4.03. The lowest BCUT2D eigenvalue weighted by atomic mass is 9.95. The maximum atomic E-state index is 14.3. The number of carbonyl (C=O) groups excluding carboxylic acids is 2. The molecule has 0 radical (unpaired) electrons. The third-order valence-electron chi connectivity index (χ3n) is 6.90. The number of hydrogen-bond donors (Lipinski definition) is 2. The number of aryl methyl sites for hydroxylation is 2. The van der Waals surface area contributed by atoms with Gasteiger partial charge in [0.2, 0.25) is 0 Å². The van der Waals surface area contributed by atoms with E-state index in [1.165, 1.54) is 21.3 Å². The van der Waals surface area contributed by atoms with E-state index in [0.717, 1.165) is 12.1 Å². The van der Waals surface area contributed by atoms with Crippen LogP contribution in [0.2, 0.25) is 5.02 Å². The predicted octanol–water partition coefficient (Wildman–Crippen LogP) is 6.27. The summed E-state index contributed by atoms with van der Waals surface area (Å²) in [7, 11) is 0. The molecule has 1 aliphatic heterocycles. The quantitative estimate of drug-likeness (QED) is 0.259. The van der Waals surface area contributed by atoms with Gasteiger partial charge in [-0.3, -0.25) is 18.7 Å². The minimum Gasteiger partial charge on any atom is -0.341 e. The van der Waals surface area contributed by atoms with E-state index in [0.29, 0.717) is 24.1 Å². The van der Waals surface area contributed by atoms with E-state index in [1.54, 1.807) is 6.92 Å². The molecule has 0 spiro atoms. The Morgan fingerprint density at radius 3 is 2.41 bits per heavy atom. The van der Waals surface area contributed by atoms with Crippen LogP contribution in [0, 0.1) is 11.6 Å². The first-order valence-corrected chi connectivity index (χ1v) is 13.0. The number of aromatic nitrogens is 2. The first kappa shape index (κ1) is 28.3. The van der Waals surface area contributed by atoms with Gasteiger partial charge in [0, 0.05) is 40.5 Å². The fraction of sp³-hybridized carbons (Fsp3) is 0.250. The number of benzene rings is 3. The van der Waals surface area contributed by atoms with Crippen LogP contribution >= 0.6 is 11.6 Å². The molecule has 7 nitrogen and oxygen atoms in total. The molecule has 2 amide bonds. The number of hydrogen-bond acceptors (Lipinski definition) is 3. The first-order chi connectivity index (χ1) is 19.3. The maximum Gasteiger partial charge on any atom is 0.416 e. The fourth-order valence-corrected chi connectivity index (χ4v) is 5.41. The summed E-state index contributed by atoms with van der Waals surface area (Å²) in [5.74, 6) is -3.66. The highest BCUT2D eigenvalue weighted by Crippen LogP contribution is 2.43. The highest BCUT2D eigenvalue weighted by atomic mass is 35.5. The predicted molar refractivity (Wildman–Crippen MR) is 142 cm³/mol. The highest BCUT2D eigenvalue weighted by molar-refractivity contribution is 6.31. The van der Waals surface area contributed by atoms with Crippen molar-refractivity contribution in [3.63, 3.8) is 0 Å². The molecule has 0 fully saturated rings. The van der Waals surface area contributed by atoms with Gasteiger partial charge in [-0.1, -0.05) is 18.5 Å². The van der Waals surface area contributed by atoms with Gasteiger partial charge in [-0.25, -0.2) is 13.6 Å². The van der Waals surface area contributed by atoms with E-state index in [4.69, 9.17) is 11.6 Å². The average Bonchev–Trinajstić information content (AvgIpc) is 3.38. The Bertz CT molecular complexity index is 1790. The second-order valence-corrected chi connectivity index (χ2v) is 9.92. The zero-order valence-corrected chi connectivity index (χ0v) is 22.4. The van der Waals surface area contributed by atoms with Gasteiger partial charge in [0.15, 0.2) is 0 Å². The molecule has 0 saturated carbocycles. The van der Waals surface area contributed by atoms with Crippen LogP contribution < -0.4 is 16.3 Å². The summed E-state index contributed by atoms with van der Waals surface area (Å²) in [5.41, 5.74) is -1.56. The van der Waals surface area contributed by atoms with Gasteiger partial charge < -0.3 is 10.6 Å². The maximum absolute atomic E-state index is 14.3. The molecule has 3 aromatic carbocycles. The van der Waals surface area contributed by atoms with Crippen molar-refractivity contribution >= 4 is 40.1 Å². The summed E-state index contributed by atoms with van der Waals surface area (Å²) in [5, 5.41) is 5.32. The minimum atomic E-state index is -4.91. The second-order valence-electron chi connectivity index (χ2n) is 9.51. The van der Waals surface area contributed by atoms with E-state index >= 15 is 0 Å². The molecule has 5 rings (SSSR count). The van der Waals surface area contributed by atoms with Crippen LogP contribution in [0.3, 0.4) is 0 Å². The van der Waals surface area contributed by atoms with Crippen molar-refractivity contribution in [2.45, 2.75) is 45.6 Å². The molecule has 13 heteroatoms. The van der Waals surface area contributed by atoms with E-state index in [-0.39, 0.29) is 52.1 Å². The molecular formula is C28H22ClF5N4O3. The van der Waals surface area contributed by atoms with Crippen LogP contribution in [0.15, 0.2) is 47.3 Å². The van der Waals surface area contributed by atoms with E-state index < -0.39 is 52.5 Å². The Morgan fingerprint density at radius 1 is 1.02 bits per heavy atom. The zero-order valence-electron chi connectivity index (χ0n) is 21.6. The fourth-order valence-electron chi connectivity index (χ4n) is 5.19. The monoisotopic (exact) mass is 592 g/mol. The van der Waals surface area contributed by atoms with Gasteiger partial charge in [-0.15, -0.1) is 0 Å². The number of alkyl halides is 3. The number of fused-ring (bicyclic) bond motifs is 3. The zero-order chi connectivity index (χ0) is 29.8. The van der Waals surface area contributed by atoms with Gasteiger partial charge in [-0.05, 0) is 55.8 Å². The molecule has 41 heavy (non-hydrogen) atoms. The normalized spacial score (nSPS) is 14.8. The number of nitrogens with zero attached hydrogens (tertiary/aromatic N) is 2. The number of halogens is 6. The molecule has 2 N–H and O–H groups in total. The van der Waals surface area contributed by atoms with Crippen molar-refractivity contribution < 1.29 is 31.5 Å². The minimum absolute atomic E-state index is 0.0205. The average molecular weight is 593 g/mol. The van der Waals surface area contributed by atoms with Gasteiger partial charge in [0.05, 0.1) is 28.2 Å². The largest absolute Gasteiger partial charge is 0.416 e. The number of rotatable bonds is 6. The van der Waals surface area contributed by atoms with E-state index in [1.807, 2.05) is 6.92 Å². The van der Waals surface area contributed by atoms with Crippen LogP contribution in [0.25, 0.3) is 11.0 Å². The molecule has 214 valence electrons. The third-order valence-corrected chi connectivity index (χ3v) is 7.25. The Hall–Kier alpha value is -4.19. The molecule has 1 aromatic heterocycles. The molecule has 0 saturated heterocycles. The molecule has 0 bridgehead atoms. The van der Waals surface area contributed by atoms with Crippen molar-refractivity contribution in [1.82, 2.24) is 14.5 Å². The summed E-state index contributed by atoms with van der Waals surface area (Å²) >= 11 is 6.36. The lowest BCUT2D eigenvalue weighted by molar-refractivity contribution is -0.137. The first-order valence-electron chi connectivity index (χ1n) is 12.6. The number of imidazole rings is 1. The third kappa shape index (κ3) is 4.86. The van der Waals surface area contributed by atoms with Crippen molar-refractivity contribution in [2.75, 3.05) is 5.32 Å². The molecule has 1 aliphatic rings. The molecular weight excluding hydrogens is 571 g/mol. The standard InChI is InChI=1S/C28H22ClF5N4O3/c1-3-7-38-20-12-19(35-25(39)13-8-14(28(32,33)34)10-16(31)9-13)21-22(24(20)37(4-2)27(38)41)26(40)36-23(21)17-11-15(30)5-6-18(17)29/h5-6,8-12,23H,3-4,7H2,1-2H3,(H,35,39)(H,36,40)/t23-/m0/s1. The summed E-state index contributed by atoms with van der Waals surface area (Å²) < 4.78 is 71.1. The summed E-state index contributed by atoms with van der Waals surface area (Å²) in [6.07, 6.45) is -4.36. The molecule has 0 aliphatic carbocycles. The van der Waals surface area contributed by atoms with Crippen LogP contribution in [-0.4, -0.2) is 20.9 Å². The van der Waals surface area contributed by atoms with Crippen LogP contribution in [0.1, 0.15) is 63.7 Å². The van der Waals surface area contributed by atoms with E-state index in [2.05, 4.69) is 10.6 Å². The Morgan fingerprint density at radius 2 is 1.76 bits per heavy atom. The second kappa shape index (κ2) is 10.3. The van der Waals surface area contributed by atoms with Crippen molar-refractivity contribution in [1.29, 1.82) is 0 Å². The van der Waals surface area contributed by atoms with Gasteiger partial charge in [-0.2, -0.15) is 13.2 Å². The lowest BCUT2D eigenvalue weighted by Crippen LogP contribution is -2.24. The Labute approximate surface area is 234 Å². The molecule has 1 atom stereocenters. The Balaban J connectivity index is 1.78. The number of anilines is 1.